The summed E-state index contributed by atoms with van der Waals surface area (Å²) in [6.07, 6.45) is 0. The van der Waals surface area contributed by atoms with Crippen LogP contribution in [0.4, 0.5) is 5.69 Å². The van der Waals surface area contributed by atoms with Crippen molar-refractivity contribution in [1.29, 1.82) is 5.26 Å². The predicted octanol–water partition coefficient (Wildman–Crippen LogP) is 2.88. The molecule has 0 aliphatic heterocycles. The van der Waals surface area contributed by atoms with Crippen LogP contribution >= 0.6 is 15.9 Å². The van der Waals surface area contributed by atoms with E-state index in [1.807, 2.05) is 42.3 Å². The van der Waals surface area contributed by atoms with E-state index in [1.165, 1.54) is 0 Å². The average molecular weight is 237 g/mol. The minimum atomic E-state index is 0.575. The SMILES string of the molecule is CN(/C(C#N)=C/Br)c1ccccc1. The van der Waals surface area contributed by atoms with Crippen LogP contribution in [0.3, 0.4) is 0 Å². The van der Waals surface area contributed by atoms with Gasteiger partial charge in [-0.05, 0) is 12.1 Å². The molecule has 0 aliphatic rings. The maximum Gasteiger partial charge on any atom is 0.127 e. The van der Waals surface area contributed by atoms with Crippen LogP contribution in [-0.4, -0.2) is 7.05 Å². The van der Waals surface area contributed by atoms with Crippen molar-refractivity contribution in [3.8, 4) is 6.07 Å². The summed E-state index contributed by atoms with van der Waals surface area (Å²) in [7, 11) is 1.85. The van der Waals surface area contributed by atoms with E-state index in [9.17, 15) is 0 Å². The maximum atomic E-state index is 8.77. The minimum absolute atomic E-state index is 0.575. The van der Waals surface area contributed by atoms with Crippen molar-refractivity contribution >= 4 is 21.6 Å². The second kappa shape index (κ2) is 4.68. The molecule has 1 rings (SSSR count). The summed E-state index contributed by atoms with van der Waals surface area (Å²) in [6, 6.07) is 11.8. The van der Waals surface area contributed by atoms with Crippen molar-refractivity contribution in [3.63, 3.8) is 0 Å². The molecule has 0 unspecified atom stereocenters. The molecule has 0 spiro atoms. The number of nitrogens with zero attached hydrogens (tertiary/aromatic N) is 2. The smallest absolute Gasteiger partial charge is 0.127 e. The van der Waals surface area contributed by atoms with Gasteiger partial charge in [-0.15, -0.1) is 0 Å². The molecule has 0 aromatic heterocycles. The number of nitriles is 1. The number of hydrogen-bond acceptors (Lipinski definition) is 2. The number of para-hydroxylation sites is 1. The zero-order chi connectivity index (χ0) is 9.68. The summed E-state index contributed by atoms with van der Waals surface area (Å²) in [5, 5.41) is 8.77. The molecule has 0 aliphatic carbocycles. The highest BCUT2D eigenvalue weighted by atomic mass is 79.9. The third kappa shape index (κ3) is 2.33. The molecular weight excluding hydrogens is 228 g/mol. The molecule has 0 fully saturated rings. The van der Waals surface area contributed by atoms with Crippen LogP contribution in [0.5, 0.6) is 0 Å². The largest absolute Gasteiger partial charge is 0.336 e. The van der Waals surface area contributed by atoms with E-state index >= 15 is 0 Å². The molecule has 0 atom stereocenters. The van der Waals surface area contributed by atoms with E-state index in [2.05, 4.69) is 22.0 Å². The Morgan fingerprint density at radius 2 is 2.08 bits per heavy atom. The summed E-state index contributed by atoms with van der Waals surface area (Å²) >= 11 is 3.15. The molecule has 0 radical (unpaired) electrons. The molecule has 0 heterocycles. The maximum absolute atomic E-state index is 8.77. The molecule has 0 amide bonds. The number of hydrogen-bond donors (Lipinski definition) is 0. The summed E-state index contributed by atoms with van der Waals surface area (Å²) in [6.45, 7) is 0. The predicted molar refractivity (Wildman–Crippen MR) is 57.5 cm³/mol. The Kier molecular flexibility index (Phi) is 3.53. The van der Waals surface area contributed by atoms with Gasteiger partial charge in [0, 0.05) is 17.7 Å². The summed E-state index contributed by atoms with van der Waals surface area (Å²) in [4.78, 5) is 3.43. The molecule has 1 aromatic carbocycles. The standard InChI is InChI=1S/C10H9BrN2/c1-13(10(7-11)8-12)9-5-3-2-4-6-9/h2-7H,1H3/b10-7+. The first-order valence-corrected chi connectivity index (χ1v) is 4.70. The van der Waals surface area contributed by atoms with Gasteiger partial charge in [0.15, 0.2) is 0 Å². The van der Waals surface area contributed by atoms with E-state index in [0.717, 1.165) is 5.69 Å². The second-order valence-corrected chi connectivity index (χ2v) is 2.96. The molecular formula is C10H9BrN2. The van der Waals surface area contributed by atoms with Crippen LogP contribution in [-0.2, 0) is 0 Å². The Bertz CT molecular complexity index is 338. The van der Waals surface area contributed by atoms with Crippen LogP contribution < -0.4 is 4.90 Å². The topological polar surface area (TPSA) is 27.0 Å². The van der Waals surface area contributed by atoms with Gasteiger partial charge < -0.3 is 4.90 Å². The van der Waals surface area contributed by atoms with Crippen LogP contribution in [0, 0.1) is 11.3 Å². The first-order chi connectivity index (χ1) is 6.29. The number of allylic oxidation sites excluding steroid dienone is 1. The fraction of sp³-hybridized carbons (Fsp3) is 0.100. The number of benzene rings is 1. The number of anilines is 1. The molecule has 3 heteroatoms. The lowest BCUT2D eigenvalue weighted by Crippen LogP contribution is -2.14. The van der Waals surface area contributed by atoms with Crippen LogP contribution in [0.15, 0.2) is 41.0 Å². The Morgan fingerprint density at radius 3 is 2.54 bits per heavy atom. The third-order valence-electron chi connectivity index (χ3n) is 1.72. The minimum Gasteiger partial charge on any atom is -0.336 e. The van der Waals surface area contributed by atoms with Gasteiger partial charge in [0.05, 0.1) is 0 Å². The van der Waals surface area contributed by atoms with Crippen LogP contribution in [0.1, 0.15) is 0 Å². The van der Waals surface area contributed by atoms with E-state index in [-0.39, 0.29) is 0 Å². The number of halogens is 1. The van der Waals surface area contributed by atoms with Gasteiger partial charge in [0.2, 0.25) is 0 Å². The van der Waals surface area contributed by atoms with Crippen molar-refractivity contribution in [2.45, 2.75) is 0 Å². The molecule has 0 bridgehead atoms. The van der Waals surface area contributed by atoms with Crippen molar-refractivity contribution in [2.75, 3.05) is 11.9 Å². The highest BCUT2D eigenvalue weighted by molar-refractivity contribution is 9.11. The first-order valence-electron chi connectivity index (χ1n) is 3.79. The van der Waals surface area contributed by atoms with E-state index in [1.54, 1.807) is 4.99 Å². The Labute approximate surface area is 86.2 Å². The van der Waals surface area contributed by atoms with Crippen LogP contribution in [0.25, 0.3) is 0 Å². The average Bonchev–Trinajstić information content (AvgIpc) is 2.21. The lowest BCUT2D eigenvalue weighted by atomic mass is 10.3. The highest BCUT2D eigenvalue weighted by Crippen LogP contribution is 2.16. The Balaban J connectivity index is 2.93. The highest BCUT2D eigenvalue weighted by Gasteiger charge is 2.03. The summed E-state index contributed by atoms with van der Waals surface area (Å²) < 4.78 is 0. The van der Waals surface area contributed by atoms with Crippen molar-refractivity contribution in [3.05, 3.63) is 41.0 Å². The first kappa shape index (κ1) is 9.82. The molecule has 66 valence electrons. The molecule has 13 heavy (non-hydrogen) atoms. The molecule has 1 aromatic rings. The van der Waals surface area contributed by atoms with E-state index < -0.39 is 0 Å². The quantitative estimate of drug-likeness (QED) is 0.739. The summed E-state index contributed by atoms with van der Waals surface area (Å²) in [5.41, 5.74) is 1.57. The third-order valence-corrected chi connectivity index (χ3v) is 2.16. The van der Waals surface area contributed by atoms with Crippen molar-refractivity contribution in [2.24, 2.45) is 0 Å². The monoisotopic (exact) mass is 236 g/mol. The van der Waals surface area contributed by atoms with Crippen molar-refractivity contribution in [1.82, 2.24) is 0 Å². The molecule has 0 saturated heterocycles. The zero-order valence-electron chi connectivity index (χ0n) is 7.24. The van der Waals surface area contributed by atoms with Gasteiger partial charge >= 0.3 is 0 Å². The Morgan fingerprint density at radius 1 is 1.46 bits per heavy atom. The van der Waals surface area contributed by atoms with E-state index in [0.29, 0.717) is 5.70 Å². The summed E-state index contributed by atoms with van der Waals surface area (Å²) in [5.74, 6) is 0. The Hall–Kier alpha value is -1.27. The number of rotatable bonds is 2. The van der Waals surface area contributed by atoms with Gasteiger partial charge in [-0.25, -0.2) is 0 Å². The van der Waals surface area contributed by atoms with Gasteiger partial charge in [-0.1, -0.05) is 34.1 Å². The van der Waals surface area contributed by atoms with Gasteiger partial charge in [-0.3, -0.25) is 0 Å². The lowest BCUT2D eigenvalue weighted by Gasteiger charge is -2.16. The fourth-order valence-electron chi connectivity index (χ4n) is 0.963. The van der Waals surface area contributed by atoms with Gasteiger partial charge in [0.25, 0.3) is 0 Å². The fourth-order valence-corrected chi connectivity index (χ4v) is 1.37. The molecule has 0 N–H and O–H groups in total. The normalized spacial score (nSPS) is 10.7. The van der Waals surface area contributed by atoms with Gasteiger partial charge in [-0.2, -0.15) is 5.26 Å². The zero-order valence-corrected chi connectivity index (χ0v) is 8.82. The van der Waals surface area contributed by atoms with E-state index in [4.69, 9.17) is 5.26 Å². The lowest BCUT2D eigenvalue weighted by molar-refractivity contribution is 1.15. The van der Waals surface area contributed by atoms with Crippen LogP contribution in [0.2, 0.25) is 0 Å². The second-order valence-electron chi connectivity index (χ2n) is 2.50. The van der Waals surface area contributed by atoms with Crippen molar-refractivity contribution < 1.29 is 0 Å². The molecule has 0 saturated carbocycles. The van der Waals surface area contributed by atoms with Gasteiger partial charge in [0.1, 0.15) is 11.8 Å². The molecule has 2 nitrogen and oxygen atoms in total.